The Bertz CT molecular complexity index is 5000. The predicted molar refractivity (Wildman–Crippen MR) is 479 cm³/mol. The van der Waals surface area contributed by atoms with E-state index in [1.807, 2.05) is 84.7 Å². The van der Waals surface area contributed by atoms with Gasteiger partial charge < -0.3 is 65.6 Å². The Labute approximate surface area is 731 Å². The molecule has 5 aliphatic heterocycles. The summed E-state index contributed by atoms with van der Waals surface area (Å²) in [7, 11) is -0.349. The van der Waals surface area contributed by atoms with E-state index in [0.29, 0.717) is 94.0 Å². The number of nitrogens with zero attached hydrogens (tertiary/aromatic N) is 9. The molecule has 5 saturated heterocycles. The SMILES string of the molecule is CCc1nc2c(cnn2CC)c(NC2CCOCC2)c1CNC(=O)C1(C(=O)NCc2ccc(Cl)c(-c3cccc(CN4CCN[C@@H](C)C4)c3)c2)CC1.CCc1nc2c(cnn2CC)c(NC2CCOCC2)c1CNC(=O)C1(C(=O)NCc2ccc(Cl)c(Br)c2)CC1.C[C@H]1CN(Cc2cccc(B3OC(C)(C)C(C)(C)O3)c2)CCN1C(=O)OC(C)(C)C. The number of hydrogen-bond acceptors (Lipinski definition) is 19. The molecule has 15 rings (SSSR count). The number of anilines is 2. The number of aromatic nitrogens is 6. The van der Waals surface area contributed by atoms with Gasteiger partial charge >= 0.3 is 13.2 Å². The largest absolute Gasteiger partial charge is 0.494 e. The van der Waals surface area contributed by atoms with Crippen LogP contribution in [-0.2, 0) is 108 Å². The fraction of sp³-hybridized carbons (Fsp3) is 0.549. The molecule has 650 valence electrons. The average molecular weight is 1760 g/mol. The van der Waals surface area contributed by atoms with Gasteiger partial charge in [0.15, 0.2) is 11.3 Å². The molecule has 0 spiro atoms. The number of piperazine rings is 2. The van der Waals surface area contributed by atoms with Gasteiger partial charge in [0.05, 0.1) is 50.8 Å². The van der Waals surface area contributed by atoms with Gasteiger partial charge in [0, 0.05) is 180 Å². The molecule has 4 aromatic carbocycles. The number of aryl methyl sites for hydroxylation is 4. The standard InChI is InChI=1S/C40H51ClN8O3.C28H34BrClN6O3.C23H37BN2O4/c1-4-35-32(36(46-30-11-17-52-18-12-30)33-23-45-49(5-2)37(33)47-35)22-44-39(51)40(13-14-40)38(50)43-21-27-9-10-34(41)31(20-27)29-8-6-7-28(19-29)25-48-16-15-42-26(3)24-48;1-3-23-19(24(34-18-7-11-39-12-8-18)20-16-33-36(4-2)25(20)35-23)15-32-27(38)28(9-10-28)26(37)31-14-17-5-6-22(30)21(29)13-17;1-17-15-25(12-13-26(17)20(27)28-21(2,3)4)16-18-10-9-11-19(14-18)24-29-22(5,6)23(7,8)30-24/h6-10,19-20,23,26,30,42H,4-5,11-18,21-22,24-25H2,1-3H3,(H,43,50)(H,44,51)(H,46,47);5-6,13,16,18H,3-4,7-12,14-15H2,1-2H3,(H,31,37)(H,32,38)(H,34,35);9-11,14,17H,12-13,15-16H2,1-8H3/t26-;;17-/m0.0/s1. The Morgan fingerprint density at radius 2 is 1.07 bits per heavy atom. The Hall–Kier alpha value is -8.29. The third-order valence-corrected chi connectivity index (χ3v) is 26.2. The molecule has 7 N–H and O–H groups in total. The summed E-state index contributed by atoms with van der Waals surface area (Å²) in [6.45, 7) is 39.1. The number of ether oxygens (including phenoxy) is 3. The second-order valence-corrected chi connectivity index (χ2v) is 37.0. The highest BCUT2D eigenvalue weighted by Gasteiger charge is 2.58. The molecule has 0 radical (unpaired) electrons. The Morgan fingerprint density at radius 1 is 0.587 bits per heavy atom. The maximum Gasteiger partial charge on any atom is 0.494 e. The highest BCUT2D eigenvalue weighted by Crippen LogP contribution is 2.48. The van der Waals surface area contributed by atoms with E-state index in [9.17, 15) is 24.0 Å². The van der Waals surface area contributed by atoms with Crippen LogP contribution in [0.4, 0.5) is 16.2 Å². The first-order valence-corrected chi connectivity index (χ1v) is 45.0. The highest BCUT2D eigenvalue weighted by molar-refractivity contribution is 9.10. The molecule has 7 aliphatic rings. The molecular formula is C91H122BBrCl2N16O10. The summed E-state index contributed by atoms with van der Waals surface area (Å²) in [5, 5.41) is 35.5. The number of rotatable bonds is 26. The molecule has 0 unspecified atom stereocenters. The van der Waals surface area contributed by atoms with Crippen molar-refractivity contribution >= 4 is 115 Å². The van der Waals surface area contributed by atoms with Crippen LogP contribution in [0.3, 0.4) is 0 Å². The topological polar surface area (TPSA) is 287 Å². The summed E-state index contributed by atoms with van der Waals surface area (Å²) < 4.78 is 33.7. The lowest BCUT2D eigenvalue weighted by atomic mass is 9.78. The van der Waals surface area contributed by atoms with Crippen LogP contribution in [0.2, 0.25) is 10.0 Å². The van der Waals surface area contributed by atoms with Gasteiger partial charge in [-0.2, -0.15) is 10.2 Å². The Morgan fingerprint density at radius 3 is 1.54 bits per heavy atom. The van der Waals surface area contributed by atoms with Gasteiger partial charge in [0.25, 0.3) is 0 Å². The summed E-state index contributed by atoms with van der Waals surface area (Å²) in [6, 6.07) is 29.4. The number of carbonyl (C=O) groups is 5. The summed E-state index contributed by atoms with van der Waals surface area (Å²) in [6.07, 6.45) is 10.6. The zero-order valence-corrected chi connectivity index (χ0v) is 75.8. The van der Waals surface area contributed by atoms with E-state index in [1.165, 1.54) is 11.1 Å². The Kier molecular flexibility index (Phi) is 29.4. The molecule has 8 aromatic rings. The lowest BCUT2D eigenvalue weighted by molar-refractivity contribution is -0.138. The molecule has 121 heavy (non-hydrogen) atoms. The van der Waals surface area contributed by atoms with Gasteiger partial charge in [0.2, 0.25) is 23.6 Å². The van der Waals surface area contributed by atoms with Gasteiger partial charge in [-0.3, -0.25) is 29.0 Å². The lowest BCUT2D eigenvalue weighted by Crippen LogP contribution is -2.54. The van der Waals surface area contributed by atoms with Crippen molar-refractivity contribution < 1.29 is 47.5 Å². The summed E-state index contributed by atoms with van der Waals surface area (Å²) in [5.41, 5.74) is 11.4. The summed E-state index contributed by atoms with van der Waals surface area (Å²) in [4.78, 5) is 83.0. The zero-order valence-electron chi connectivity index (χ0n) is 72.7. The number of pyridine rings is 2. The first-order valence-electron chi connectivity index (χ1n) is 43.4. The van der Waals surface area contributed by atoms with Crippen molar-refractivity contribution in [2.75, 3.05) is 76.3 Å². The molecule has 2 aliphatic carbocycles. The first-order chi connectivity index (χ1) is 57.9. The van der Waals surface area contributed by atoms with E-state index in [2.05, 4.69) is 184 Å². The fourth-order valence-electron chi connectivity index (χ4n) is 16.6. The number of fused-ring (bicyclic) bond motifs is 2. The van der Waals surface area contributed by atoms with Crippen molar-refractivity contribution in [3.63, 3.8) is 0 Å². The number of halogens is 3. The van der Waals surface area contributed by atoms with Crippen LogP contribution in [-0.4, -0.2) is 188 Å². The molecular weight excluding hydrogens is 1640 g/mol. The molecule has 26 nitrogen and oxygen atoms in total. The average Bonchev–Trinajstić information content (AvgIpc) is 1.62. The van der Waals surface area contributed by atoms with Crippen molar-refractivity contribution in [2.24, 2.45) is 10.8 Å². The van der Waals surface area contributed by atoms with E-state index < -0.39 is 16.4 Å². The number of nitrogens with one attached hydrogen (secondary N) is 7. The maximum absolute atomic E-state index is 13.8. The van der Waals surface area contributed by atoms with Crippen molar-refractivity contribution in [3.8, 4) is 11.1 Å². The third-order valence-electron chi connectivity index (χ3n) is 24.7. The third kappa shape index (κ3) is 21.7. The minimum absolute atomic E-state index is 0.111. The van der Waals surface area contributed by atoms with E-state index >= 15 is 0 Å². The molecule has 4 aromatic heterocycles. The maximum atomic E-state index is 13.8. The van der Waals surface area contributed by atoms with Crippen LogP contribution >= 0.6 is 39.1 Å². The van der Waals surface area contributed by atoms with E-state index in [1.54, 1.807) is 6.07 Å². The number of hydrogen-bond donors (Lipinski definition) is 7. The monoisotopic (exact) mass is 1760 g/mol. The summed E-state index contributed by atoms with van der Waals surface area (Å²) in [5.74, 6) is -0.996. The minimum atomic E-state index is -1.07. The molecule has 2 atom stereocenters. The highest BCUT2D eigenvalue weighted by atomic mass is 79.9. The van der Waals surface area contributed by atoms with E-state index in [-0.39, 0.29) is 79.3 Å². The van der Waals surface area contributed by atoms with Crippen LogP contribution in [0.1, 0.15) is 186 Å². The van der Waals surface area contributed by atoms with Gasteiger partial charge in [-0.25, -0.2) is 24.1 Å². The van der Waals surface area contributed by atoms with Crippen LogP contribution in [0, 0.1) is 10.8 Å². The van der Waals surface area contributed by atoms with Gasteiger partial charge in [-0.1, -0.05) is 91.6 Å². The predicted octanol–water partition coefficient (Wildman–Crippen LogP) is 13.6. The quantitative estimate of drug-likeness (QED) is 0.0196. The van der Waals surface area contributed by atoms with Crippen molar-refractivity contribution in [2.45, 2.75) is 248 Å². The molecule has 2 saturated carbocycles. The van der Waals surface area contributed by atoms with E-state index in [4.69, 9.17) is 56.7 Å². The second kappa shape index (κ2) is 39.3. The summed E-state index contributed by atoms with van der Waals surface area (Å²) >= 11 is 16.2. The zero-order chi connectivity index (χ0) is 86.1. The van der Waals surface area contributed by atoms with Crippen LogP contribution in [0.25, 0.3) is 33.2 Å². The second-order valence-electron chi connectivity index (χ2n) is 35.3. The minimum Gasteiger partial charge on any atom is -0.444 e. The fourth-order valence-corrected chi connectivity index (χ4v) is 17.4. The van der Waals surface area contributed by atoms with Crippen LogP contribution < -0.4 is 42.7 Å². The van der Waals surface area contributed by atoms with Gasteiger partial charge in [0.1, 0.15) is 16.4 Å². The van der Waals surface area contributed by atoms with Crippen molar-refractivity contribution in [3.05, 3.63) is 157 Å². The molecule has 5 amide bonds. The molecule has 0 bridgehead atoms. The number of benzene rings is 4. The number of carbonyl (C=O) groups excluding carboxylic acids is 5. The smallest absolute Gasteiger partial charge is 0.444 e. The van der Waals surface area contributed by atoms with Gasteiger partial charge in [-0.15, -0.1) is 0 Å². The lowest BCUT2D eigenvalue weighted by Gasteiger charge is -2.40. The van der Waals surface area contributed by atoms with Crippen LogP contribution in [0.5, 0.6) is 0 Å². The number of amides is 5. The molecule has 30 heteroatoms. The Balaban J connectivity index is 0.000000163. The van der Waals surface area contributed by atoms with Gasteiger partial charge in [-0.05, 0) is 220 Å². The first kappa shape index (κ1) is 90.4. The van der Waals surface area contributed by atoms with Crippen molar-refractivity contribution in [1.29, 1.82) is 0 Å². The molecule has 7 fully saturated rings. The van der Waals surface area contributed by atoms with E-state index in [0.717, 1.165) is 179 Å². The molecule has 9 heterocycles. The van der Waals surface area contributed by atoms with Crippen LogP contribution in [0.15, 0.2) is 102 Å². The normalized spacial score (nSPS) is 19.6. The van der Waals surface area contributed by atoms with Crippen molar-refractivity contribution in [1.82, 2.24) is 70.8 Å².